The Morgan fingerprint density at radius 1 is 1.08 bits per heavy atom. The van der Waals surface area contributed by atoms with Crippen LogP contribution in [-0.2, 0) is 17.8 Å². The average molecular weight is 367 g/mol. The molecule has 2 aromatic carbocycles. The lowest BCUT2D eigenvalue weighted by Crippen LogP contribution is -2.25. The Balaban J connectivity index is 1.55. The summed E-state index contributed by atoms with van der Waals surface area (Å²) in [5.74, 6) is 0.790. The Morgan fingerprint density at radius 3 is 2.50 bits per heavy atom. The van der Waals surface area contributed by atoms with Crippen molar-refractivity contribution in [3.8, 4) is 5.75 Å². The Morgan fingerprint density at radius 2 is 1.81 bits per heavy atom. The van der Waals surface area contributed by atoms with Crippen molar-refractivity contribution in [2.45, 2.75) is 32.1 Å². The first-order valence-electron chi connectivity index (χ1n) is 8.42. The number of amides is 1. The van der Waals surface area contributed by atoms with Crippen LogP contribution >= 0.6 is 11.8 Å². The molecule has 1 N–H and O–H groups in total. The van der Waals surface area contributed by atoms with Gasteiger partial charge in [0.2, 0.25) is 5.91 Å². The Bertz CT molecular complexity index is 813. The Hall–Kier alpha value is -2.60. The molecule has 1 aliphatic heterocycles. The van der Waals surface area contributed by atoms with E-state index in [2.05, 4.69) is 15.5 Å². The fourth-order valence-corrected chi connectivity index (χ4v) is 3.37. The first-order valence-corrected chi connectivity index (χ1v) is 9.30. The predicted octanol–water partition coefficient (Wildman–Crippen LogP) is 3.79. The fraction of sp³-hybridized carbons (Fsp3) is 0.250. The fourth-order valence-electron chi connectivity index (χ4n) is 2.41. The molecule has 0 radical (unpaired) electrons. The van der Waals surface area contributed by atoms with E-state index in [1.54, 1.807) is 0 Å². The van der Waals surface area contributed by atoms with Crippen LogP contribution in [0.15, 0.2) is 64.8 Å². The van der Waals surface area contributed by atoms with Gasteiger partial charge in [-0.3, -0.25) is 4.79 Å². The van der Waals surface area contributed by atoms with Crippen LogP contribution < -0.4 is 10.1 Å². The van der Waals surface area contributed by atoms with E-state index in [-0.39, 0.29) is 11.2 Å². The van der Waals surface area contributed by atoms with Gasteiger partial charge in [-0.15, -0.1) is 5.10 Å². The van der Waals surface area contributed by atoms with Crippen molar-refractivity contribution in [2.75, 3.05) is 0 Å². The van der Waals surface area contributed by atoms with E-state index in [1.807, 2.05) is 68.4 Å². The maximum absolute atomic E-state index is 12.1. The molecular formula is C20H21N3O2S. The maximum atomic E-state index is 12.1. The normalized spacial score (nSPS) is 17.8. The summed E-state index contributed by atoms with van der Waals surface area (Å²) < 4.78 is 5.79. The molecule has 1 unspecified atom stereocenters. The van der Waals surface area contributed by atoms with Crippen molar-refractivity contribution in [1.29, 1.82) is 0 Å². The van der Waals surface area contributed by atoms with E-state index in [0.29, 0.717) is 18.2 Å². The zero-order valence-corrected chi connectivity index (χ0v) is 15.6. The highest BCUT2D eigenvalue weighted by Gasteiger charge is 2.30. The minimum atomic E-state index is -0.183. The summed E-state index contributed by atoms with van der Waals surface area (Å²) in [4.78, 5) is 12.1. The molecule has 1 atom stereocenters. The molecule has 0 aliphatic carbocycles. The minimum absolute atomic E-state index is 0.0258. The summed E-state index contributed by atoms with van der Waals surface area (Å²) in [5.41, 5.74) is 3.07. The SMILES string of the molecule is CC(C)=NN=C1NC(=O)C(Cc2ccc(OCc3ccccc3)cc2)S1. The van der Waals surface area contributed by atoms with Crippen molar-refractivity contribution in [3.63, 3.8) is 0 Å². The lowest BCUT2D eigenvalue weighted by molar-refractivity contribution is -0.118. The van der Waals surface area contributed by atoms with Gasteiger partial charge in [0, 0.05) is 5.71 Å². The molecule has 2 aromatic rings. The second-order valence-corrected chi connectivity index (χ2v) is 7.36. The number of ether oxygens (including phenoxy) is 1. The molecule has 0 spiro atoms. The largest absolute Gasteiger partial charge is 0.489 e. The number of benzene rings is 2. The van der Waals surface area contributed by atoms with Crippen LogP contribution in [0.25, 0.3) is 0 Å². The molecule has 1 fully saturated rings. The molecular weight excluding hydrogens is 346 g/mol. The zero-order chi connectivity index (χ0) is 18.4. The lowest BCUT2D eigenvalue weighted by atomic mass is 10.1. The Labute approximate surface area is 157 Å². The van der Waals surface area contributed by atoms with Crippen molar-refractivity contribution in [3.05, 3.63) is 65.7 Å². The van der Waals surface area contributed by atoms with Gasteiger partial charge in [0.1, 0.15) is 12.4 Å². The van der Waals surface area contributed by atoms with Crippen molar-refractivity contribution in [1.82, 2.24) is 5.32 Å². The zero-order valence-electron chi connectivity index (χ0n) is 14.8. The number of carbonyl (C=O) groups is 1. The first kappa shape index (κ1) is 18.2. The molecule has 0 aromatic heterocycles. The molecule has 26 heavy (non-hydrogen) atoms. The molecule has 5 nitrogen and oxygen atoms in total. The molecule has 6 heteroatoms. The highest BCUT2D eigenvalue weighted by molar-refractivity contribution is 8.15. The lowest BCUT2D eigenvalue weighted by Gasteiger charge is -2.09. The van der Waals surface area contributed by atoms with Crippen molar-refractivity contribution >= 4 is 28.5 Å². The standard InChI is InChI=1S/C20H21N3O2S/c1-14(2)22-23-20-21-19(24)18(26-20)12-15-8-10-17(11-9-15)25-13-16-6-4-3-5-7-16/h3-11,18H,12-13H2,1-2H3,(H,21,23,24). The van der Waals surface area contributed by atoms with E-state index in [0.717, 1.165) is 22.6 Å². The monoisotopic (exact) mass is 367 g/mol. The summed E-state index contributed by atoms with van der Waals surface area (Å²) >= 11 is 1.42. The number of rotatable bonds is 6. The number of amidine groups is 1. The van der Waals surface area contributed by atoms with Gasteiger partial charge in [-0.05, 0) is 43.5 Å². The first-order chi connectivity index (χ1) is 12.6. The molecule has 1 amide bonds. The van der Waals surface area contributed by atoms with Crippen molar-refractivity contribution in [2.24, 2.45) is 10.2 Å². The summed E-state index contributed by atoms with van der Waals surface area (Å²) in [6.07, 6.45) is 0.642. The van der Waals surface area contributed by atoms with E-state index < -0.39 is 0 Å². The molecule has 1 heterocycles. The molecule has 0 bridgehead atoms. The summed E-state index contributed by atoms with van der Waals surface area (Å²) in [6.45, 7) is 4.27. The molecule has 1 saturated heterocycles. The van der Waals surface area contributed by atoms with Crippen LogP contribution in [0.5, 0.6) is 5.75 Å². The smallest absolute Gasteiger partial charge is 0.239 e. The third-order valence-electron chi connectivity index (χ3n) is 3.71. The average Bonchev–Trinajstić information content (AvgIpc) is 3.00. The van der Waals surface area contributed by atoms with Gasteiger partial charge in [0.25, 0.3) is 0 Å². The number of nitrogens with one attached hydrogen (secondary N) is 1. The topological polar surface area (TPSA) is 63.0 Å². The second kappa shape index (κ2) is 8.67. The summed E-state index contributed by atoms with van der Waals surface area (Å²) in [6, 6.07) is 17.9. The summed E-state index contributed by atoms with van der Waals surface area (Å²) in [7, 11) is 0. The van der Waals surface area contributed by atoms with Gasteiger partial charge >= 0.3 is 0 Å². The van der Waals surface area contributed by atoms with Gasteiger partial charge in [-0.2, -0.15) is 5.10 Å². The van der Waals surface area contributed by atoms with E-state index in [4.69, 9.17) is 4.74 Å². The van der Waals surface area contributed by atoms with Crippen LogP contribution in [0.2, 0.25) is 0 Å². The van der Waals surface area contributed by atoms with Gasteiger partial charge in [0.05, 0.1) is 5.25 Å². The minimum Gasteiger partial charge on any atom is -0.489 e. The number of hydrogen-bond acceptors (Lipinski definition) is 5. The third-order valence-corrected chi connectivity index (χ3v) is 4.78. The van der Waals surface area contributed by atoms with E-state index >= 15 is 0 Å². The number of carbonyl (C=O) groups excluding carboxylic acids is 1. The maximum Gasteiger partial charge on any atom is 0.239 e. The second-order valence-electron chi connectivity index (χ2n) is 6.17. The highest BCUT2D eigenvalue weighted by Crippen LogP contribution is 2.24. The number of nitrogens with zero attached hydrogens (tertiary/aromatic N) is 2. The van der Waals surface area contributed by atoms with E-state index in [1.165, 1.54) is 11.8 Å². The van der Waals surface area contributed by atoms with Gasteiger partial charge in [-0.25, -0.2) is 0 Å². The molecule has 1 aliphatic rings. The van der Waals surface area contributed by atoms with Gasteiger partial charge < -0.3 is 10.1 Å². The predicted molar refractivity (Wildman–Crippen MR) is 107 cm³/mol. The molecule has 134 valence electrons. The third kappa shape index (κ3) is 5.20. The van der Waals surface area contributed by atoms with Crippen LogP contribution in [0.3, 0.4) is 0 Å². The van der Waals surface area contributed by atoms with Gasteiger partial charge in [0.15, 0.2) is 5.17 Å². The van der Waals surface area contributed by atoms with Crippen molar-refractivity contribution < 1.29 is 9.53 Å². The van der Waals surface area contributed by atoms with Crippen LogP contribution in [0, 0.1) is 0 Å². The molecule has 3 rings (SSSR count). The van der Waals surface area contributed by atoms with Gasteiger partial charge in [-0.1, -0.05) is 54.2 Å². The highest BCUT2D eigenvalue weighted by atomic mass is 32.2. The number of hydrogen-bond donors (Lipinski definition) is 1. The summed E-state index contributed by atoms with van der Waals surface area (Å²) in [5, 5.41) is 11.2. The quantitative estimate of drug-likeness (QED) is 0.624. The molecule has 0 saturated carbocycles. The van der Waals surface area contributed by atoms with Crippen LogP contribution in [0.4, 0.5) is 0 Å². The number of thioether (sulfide) groups is 1. The van der Waals surface area contributed by atoms with E-state index in [9.17, 15) is 4.79 Å². The van der Waals surface area contributed by atoms with Crippen LogP contribution in [-0.4, -0.2) is 22.0 Å². The van der Waals surface area contributed by atoms with Crippen LogP contribution in [0.1, 0.15) is 25.0 Å². The Kier molecular flexibility index (Phi) is 6.07.